The van der Waals surface area contributed by atoms with Crippen molar-refractivity contribution in [2.24, 2.45) is 0 Å². The molecule has 0 unspecified atom stereocenters. The molecule has 2 N–H and O–H groups in total. The van der Waals surface area contributed by atoms with Gasteiger partial charge in [0.15, 0.2) is 0 Å². The van der Waals surface area contributed by atoms with E-state index in [-0.39, 0.29) is 4.90 Å². The summed E-state index contributed by atoms with van der Waals surface area (Å²) in [5.41, 5.74) is 0. The van der Waals surface area contributed by atoms with Crippen molar-refractivity contribution in [1.29, 1.82) is 0 Å². The first-order valence-electron chi connectivity index (χ1n) is 5.78. The molecule has 0 saturated heterocycles. The van der Waals surface area contributed by atoms with Gasteiger partial charge in [-0.05, 0) is 23.9 Å². The predicted molar refractivity (Wildman–Crippen MR) is 77.0 cm³/mol. The molecule has 0 aliphatic heterocycles. The van der Waals surface area contributed by atoms with Crippen molar-refractivity contribution in [2.75, 3.05) is 18.9 Å². The Hall–Kier alpha value is -1.44. The monoisotopic (exact) mass is 297 g/mol. The number of pyridine rings is 1. The Bertz CT molecular complexity index is 624. The topological polar surface area (TPSA) is 71.1 Å². The number of rotatable bonds is 6. The summed E-state index contributed by atoms with van der Waals surface area (Å²) in [6.07, 6.45) is 2.17. The van der Waals surface area contributed by atoms with E-state index in [1.54, 1.807) is 18.4 Å². The van der Waals surface area contributed by atoms with Crippen LogP contribution in [0.15, 0.2) is 40.7 Å². The maximum absolute atomic E-state index is 12.1. The summed E-state index contributed by atoms with van der Waals surface area (Å²) in [5, 5.41) is 4.79. The lowest BCUT2D eigenvalue weighted by molar-refractivity contribution is 0.581. The summed E-state index contributed by atoms with van der Waals surface area (Å²) in [7, 11) is -1.77. The minimum atomic E-state index is -3.47. The molecule has 2 aromatic rings. The van der Waals surface area contributed by atoms with Gasteiger partial charge < -0.3 is 5.32 Å². The number of thiophene rings is 1. The average molecular weight is 297 g/mol. The van der Waals surface area contributed by atoms with Gasteiger partial charge in [-0.1, -0.05) is 6.07 Å². The number of nitrogens with zero attached hydrogens (tertiary/aromatic N) is 1. The van der Waals surface area contributed by atoms with E-state index in [1.807, 2.05) is 17.5 Å². The van der Waals surface area contributed by atoms with Gasteiger partial charge in [0.2, 0.25) is 10.0 Å². The van der Waals surface area contributed by atoms with Gasteiger partial charge in [0, 0.05) is 30.7 Å². The van der Waals surface area contributed by atoms with Crippen LogP contribution in [0.4, 0.5) is 5.82 Å². The smallest absolute Gasteiger partial charge is 0.240 e. The Labute approximate surface area is 116 Å². The van der Waals surface area contributed by atoms with Crippen molar-refractivity contribution in [2.45, 2.75) is 11.3 Å². The summed E-state index contributed by atoms with van der Waals surface area (Å²) < 4.78 is 26.7. The Morgan fingerprint density at radius 3 is 2.89 bits per heavy atom. The van der Waals surface area contributed by atoms with Crippen molar-refractivity contribution in [3.8, 4) is 0 Å². The fourth-order valence-corrected chi connectivity index (χ4v) is 3.32. The fourth-order valence-electron chi connectivity index (χ4n) is 1.56. The van der Waals surface area contributed by atoms with Crippen LogP contribution in [0.25, 0.3) is 0 Å². The maximum atomic E-state index is 12.1. The Balaban J connectivity index is 2.01. The molecule has 0 radical (unpaired) electrons. The Morgan fingerprint density at radius 1 is 1.37 bits per heavy atom. The highest BCUT2D eigenvalue weighted by Crippen LogP contribution is 2.13. The van der Waals surface area contributed by atoms with E-state index in [1.165, 1.54) is 18.3 Å². The van der Waals surface area contributed by atoms with E-state index in [4.69, 9.17) is 0 Å². The van der Waals surface area contributed by atoms with Crippen LogP contribution in [0, 0.1) is 0 Å². The van der Waals surface area contributed by atoms with Crippen LogP contribution in [-0.4, -0.2) is 27.0 Å². The lowest BCUT2D eigenvalue weighted by Crippen LogP contribution is -2.26. The van der Waals surface area contributed by atoms with Gasteiger partial charge in [0.05, 0.1) is 4.90 Å². The molecule has 0 bridgehead atoms. The SMILES string of the molecule is CNc1cc(S(=O)(=O)NCCc2cccs2)ccn1. The largest absolute Gasteiger partial charge is 0.373 e. The number of hydrogen-bond donors (Lipinski definition) is 2. The molecule has 2 rings (SSSR count). The third kappa shape index (κ3) is 3.76. The Kier molecular flexibility index (Phi) is 4.52. The number of nitrogens with one attached hydrogen (secondary N) is 2. The summed E-state index contributed by atoms with van der Waals surface area (Å²) in [6, 6.07) is 6.93. The molecule has 0 amide bonds. The zero-order valence-corrected chi connectivity index (χ0v) is 12.1. The van der Waals surface area contributed by atoms with Crippen molar-refractivity contribution < 1.29 is 8.42 Å². The lowest BCUT2D eigenvalue weighted by Gasteiger charge is -2.07. The second kappa shape index (κ2) is 6.14. The maximum Gasteiger partial charge on any atom is 0.240 e. The molecule has 7 heteroatoms. The Morgan fingerprint density at radius 2 is 2.21 bits per heavy atom. The summed E-state index contributed by atoms with van der Waals surface area (Å²) in [5.74, 6) is 0.529. The van der Waals surface area contributed by atoms with Crippen LogP contribution in [-0.2, 0) is 16.4 Å². The summed E-state index contributed by atoms with van der Waals surface area (Å²) >= 11 is 1.62. The second-order valence-electron chi connectivity index (χ2n) is 3.85. The normalized spacial score (nSPS) is 11.4. The van der Waals surface area contributed by atoms with Crippen LogP contribution in [0.3, 0.4) is 0 Å². The molecule has 5 nitrogen and oxygen atoms in total. The number of anilines is 1. The van der Waals surface area contributed by atoms with E-state index < -0.39 is 10.0 Å². The first-order chi connectivity index (χ1) is 9.12. The van der Waals surface area contributed by atoms with E-state index in [0.29, 0.717) is 18.8 Å². The predicted octanol–water partition coefficient (Wildman–Crippen LogP) is 1.71. The van der Waals surface area contributed by atoms with E-state index in [0.717, 1.165) is 4.88 Å². The molecular formula is C12H15N3O2S2. The summed E-state index contributed by atoms with van der Waals surface area (Å²) in [4.78, 5) is 5.37. The van der Waals surface area contributed by atoms with Crippen molar-refractivity contribution in [3.63, 3.8) is 0 Å². The highest BCUT2D eigenvalue weighted by Gasteiger charge is 2.14. The fraction of sp³-hybridized carbons (Fsp3) is 0.250. The molecular weight excluding hydrogens is 282 g/mol. The first kappa shape index (κ1) is 14.0. The van der Waals surface area contributed by atoms with Crippen LogP contribution in [0.1, 0.15) is 4.88 Å². The summed E-state index contributed by atoms with van der Waals surface area (Å²) in [6.45, 7) is 0.389. The molecule has 0 atom stereocenters. The van der Waals surface area contributed by atoms with Crippen LogP contribution in [0.2, 0.25) is 0 Å². The van der Waals surface area contributed by atoms with Gasteiger partial charge in [0.25, 0.3) is 0 Å². The third-order valence-corrected chi connectivity index (χ3v) is 4.94. The van der Waals surface area contributed by atoms with Gasteiger partial charge in [-0.15, -0.1) is 11.3 Å². The molecule has 0 spiro atoms. The quantitative estimate of drug-likeness (QED) is 0.851. The minimum absolute atomic E-state index is 0.220. The third-order valence-electron chi connectivity index (χ3n) is 2.54. The van der Waals surface area contributed by atoms with E-state index in [2.05, 4.69) is 15.0 Å². The van der Waals surface area contributed by atoms with Gasteiger partial charge in [-0.3, -0.25) is 0 Å². The number of hydrogen-bond acceptors (Lipinski definition) is 5. The standard InChI is InChI=1S/C12H15N3O2S2/c1-13-12-9-11(5-6-14-12)19(16,17)15-7-4-10-3-2-8-18-10/h2-3,5-6,8-9,15H,4,7H2,1H3,(H,13,14). The van der Waals surface area contributed by atoms with Gasteiger partial charge >= 0.3 is 0 Å². The molecule has 0 aromatic carbocycles. The number of sulfonamides is 1. The first-order valence-corrected chi connectivity index (χ1v) is 8.14. The molecule has 0 aliphatic carbocycles. The molecule has 2 heterocycles. The number of aromatic nitrogens is 1. The van der Waals surface area contributed by atoms with E-state index in [9.17, 15) is 8.42 Å². The molecule has 0 fully saturated rings. The second-order valence-corrected chi connectivity index (χ2v) is 6.65. The van der Waals surface area contributed by atoms with Crippen molar-refractivity contribution >= 4 is 27.2 Å². The molecule has 0 saturated carbocycles. The highest BCUT2D eigenvalue weighted by atomic mass is 32.2. The van der Waals surface area contributed by atoms with Gasteiger partial charge in [-0.2, -0.15) is 0 Å². The van der Waals surface area contributed by atoms with Crippen molar-refractivity contribution in [3.05, 3.63) is 40.7 Å². The van der Waals surface area contributed by atoms with Gasteiger partial charge in [0.1, 0.15) is 5.82 Å². The molecule has 0 aliphatic rings. The molecule has 2 aromatic heterocycles. The zero-order valence-electron chi connectivity index (χ0n) is 10.5. The minimum Gasteiger partial charge on any atom is -0.373 e. The van der Waals surface area contributed by atoms with Crippen LogP contribution < -0.4 is 10.0 Å². The molecule has 19 heavy (non-hydrogen) atoms. The zero-order chi connectivity index (χ0) is 13.7. The highest BCUT2D eigenvalue weighted by molar-refractivity contribution is 7.89. The van der Waals surface area contributed by atoms with Gasteiger partial charge in [-0.25, -0.2) is 18.1 Å². The van der Waals surface area contributed by atoms with E-state index >= 15 is 0 Å². The lowest BCUT2D eigenvalue weighted by atomic mass is 10.3. The molecule has 102 valence electrons. The van der Waals surface area contributed by atoms with Crippen LogP contribution >= 0.6 is 11.3 Å². The van der Waals surface area contributed by atoms with Crippen molar-refractivity contribution in [1.82, 2.24) is 9.71 Å². The average Bonchev–Trinajstić information content (AvgIpc) is 2.92. The van der Waals surface area contributed by atoms with Crippen LogP contribution in [0.5, 0.6) is 0 Å².